The van der Waals surface area contributed by atoms with Crippen molar-refractivity contribution in [3.05, 3.63) is 34.6 Å². The molecule has 1 aliphatic rings. The number of hydrogen-bond acceptors (Lipinski definition) is 1. The van der Waals surface area contributed by atoms with Gasteiger partial charge in [0, 0.05) is 12.6 Å². The van der Waals surface area contributed by atoms with Crippen molar-refractivity contribution in [3.8, 4) is 0 Å². The number of hydrogen-bond donors (Lipinski definition) is 1. The van der Waals surface area contributed by atoms with Crippen LogP contribution in [0.25, 0.3) is 0 Å². The first-order valence-electron chi connectivity index (χ1n) is 4.84. The normalized spacial score (nSPS) is 25.1. The fourth-order valence-corrected chi connectivity index (χ4v) is 1.73. The molecule has 2 unspecified atom stereocenters. The van der Waals surface area contributed by atoms with Gasteiger partial charge in [-0.3, -0.25) is 0 Å². The summed E-state index contributed by atoms with van der Waals surface area (Å²) in [6.45, 7) is 2.86. The molecule has 76 valence electrons. The van der Waals surface area contributed by atoms with Crippen LogP contribution in [-0.2, 0) is 6.54 Å². The van der Waals surface area contributed by atoms with E-state index in [-0.39, 0.29) is 10.8 Å². The maximum absolute atomic E-state index is 13.0. The average Bonchev–Trinajstić information content (AvgIpc) is 2.85. The summed E-state index contributed by atoms with van der Waals surface area (Å²) >= 11 is 5.82. The Morgan fingerprint density at radius 3 is 2.93 bits per heavy atom. The molecule has 0 radical (unpaired) electrons. The number of halogens is 2. The number of nitrogens with one attached hydrogen (secondary N) is 1. The van der Waals surface area contributed by atoms with Gasteiger partial charge in [-0.1, -0.05) is 30.7 Å². The standard InChI is InChI=1S/C11H13ClFN/c1-7-5-10(7)14-6-8-3-2-4-9(13)11(8)12/h2-4,7,10,14H,5-6H2,1H3. The molecule has 1 aromatic rings. The van der Waals surface area contributed by atoms with Crippen LogP contribution in [0.5, 0.6) is 0 Å². The number of benzene rings is 1. The molecule has 2 rings (SSSR count). The summed E-state index contributed by atoms with van der Waals surface area (Å²) < 4.78 is 13.0. The van der Waals surface area contributed by atoms with Crippen LogP contribution in [0.1, 0.15) is 18.9 Å². The second-order valence-electron chi connectivity index (χ2n) is 3.91. The van der Waals surface area contributed by atoms with Crippen molar-refractivity contribution >= 4 is 11.6 Å². The molecular weight excluding hydrogens is 201 g/mol. The highest BCUT2D eigenvalue weighted by Gasteiger charge is 2.31. The summed E-state index contributed by atoms with van der Waals surface area (Å²) in [6, 6.07) is 5.51. The quantitative estimate of drug-likeness (QED) is 0.814. The van der Waals surface area contributed by atoms with Gasteiger partial charge >= 0.3 is 0 Å². The molecule has 1 aliphatic carbocycles. The zero-order valence-electron chi connectivity index (χ0n) is 8.06. The molecule has 0 bridgehead atoms. The van der Waals surface area contributed by atoms with E-state index in [0.29, 0.717) is 12.6 Å². The summed E-state index contributed by atoms with van der Waals surface area (Å²) in [7, 11) is 0. The predicted molar refractivity (Wildman–Crippen MR) is 55.8 cm³/mol. The summed E-state index contributed by atoms with van der Waals surface area (Å²) in [4.78, 5) is 0. The van der Waals surface area contributed by atoms with Crippen molar-refractivity contribution in [2.24, 2.45) is 5.92 Å². The Kier molecular flexibility index (Phi) is 2.75. The Morgan fingerprint density at radius 1 is 1.57 bits per heavy atom. The summed E-state index contributed by atoms with van der Waals surface area (Å²) in [5.74, 6) is 0.414. The van der Waals surface area contributed by atoms with Gasteiger partial charge in [-0.25, -0.2) is 4.39 Å². The van der Waals surface area contributed by atoms with E-state index in [0.717, 1.165) is 11.5 Å². The first-order chi connectivity index (χ1) is 6.68. The molecule has 0 aromatic heterocycles. The Bertz CT molecular complexity index is 340. The molecule has 2 atom stereocenters. The van der Waals surface area contributed by atoms with Crippen molar-refractivity contribution in [2.75, 3.05) is 0 Å². The molecule has 0 spiro atoms. The van der Waals surface area contributed by atoms with Gasteiger partial charge < -0.3 is 5.32 Å². The van der Waals surface area contributed by atoms with Crippen LogP contribution < -0.4 is 5.32 Å². The highest BCUT2D eigenvalue weighted by atomic mass is 35.5. The lowest BCUT2D eigenvalue weighted by Crippen LogP contribution is -2.17. The van der Waals surface area contributed by atoms with E-state index in [1.54, 1.807) is 6.07 Å². The van der Waals surface area contributed by atoms with Crippen LogP contribution >= 0.6 is 11.6 Å². The van der Waals surface area contributed by atoms with Crippen molar-refractivity contribution < 1.29 is 4.39 Å². The molecule has 0 aliphatic heterocycles. The van der Waals surface area contributed by atoms with Gasteiger partial charge in [0.2, 0.25) is 0 Å². The molecule has 0 heterocycles. The van der Waals surface area contributed by atoms with Gasteiger partial charge in [0.15, 0.2) is 0 Å². The first kappa shape index (κ1) is 9.94. The SMILES string of the molecule is CC1CC1NCc1cccc(F)c1Cl. The van der Waals surface area contributed by atoms with Gasteiger partial charge in [0.25, 0.3) is 0 Å². The molecule has 0 amide bonds. The average molecular weight is 214 g/mol. The van der Waals surface area contributed by atoms with E-state index in [1.165, 1.54) is 12.5 Å². The maximum atomic E-state index is 13.0. The van der Waals surface area contributed by atoms with Crippen LogP contribution in [0.4, 0.5) is 4.39 Å². The summed E-state index contributed by atoms with van der Waals surface area (Å²) in [5, 5.41) is 3.58. The van der Waals surface area contributed by atoms with Gasteiger partial charge in [0.1, 0.15) is 5.82 Å². The van der Waals surface area contributed by atoms with Crippen LogP contribution in [0.3, 0.4) is 0 Å². The van der Waals surface area contributed by atoms with Crippen molar-refractivity contribution in [2.45, 2.75) is 25.9 Å². The minimum Gasteiger partial charge on any atom is -0.310 e. The van der Waals surface area contributed by atoms with Gasteiger partial charge in [0.05, 0.1) is 5.02 Å². The Morgan fingerprint density at radius 2 is 2.29 bits per heavy atom. The summed E-state index contributed by atoms with van der Waals surface area (Å²) in [6.07, 6.45) is 1.22. The Hall–Kier alpha value is -0.600. The topological polar surface area (TPSA) is 12.0 Å². The lowest BCUT2D eigenvalue weighted by Gasteiger charge is -2.06. The third kappa shape index (κ3) is 2.07. The molecule has 1 saturated carbocycles. The minimum absolute atomic E-state index is 0.244. The van der Waals surface area contributed by atoms with E-state index < -0.39 is 0 Å². The van der Waals surface area contributed by atoms with Crippen LogP contribution in [-0.4, -0.2) is 6.04 Å². The van der Waals surface area contributed by atoms with Gasteiger partial charge in [-0.05, 0) is 24.0 Å². The highest BCUT2D eigenvalue weighted by Crippen LogP contribution is 2.30. The zero-order valence-corrected chi connectivity index (χ0v) is 8.81. The predicted octanol–water partition coefficient (Wildman–Crippen LogP) is 2.98. The monoisotopic (exact) mass is 213 g/mol. The first-order valence-corrected chi connectivity index (χ1v) is 5.22. The fourth-order valence-electron chi connectivity index (χ4n) is 1.53. The van der Waals surface area contributed by atoms with Crippen LogP contribution in [0.2, 0.25) is 5.02 Å². The smallest absolute Gasteiger partial charge is 0.142 e. The number of rotatable bonds is 3. The van der Waals surface area contributed by atoms with E-state index in [9.17, 15) is 4.39 Å². The zero-order chi connectivity index (χ0) is 10.1. The van der Waals surface area contributed by atoms with Gasteiger partial charge in [-0.2, -0.15) is 0 Å². The highest BCUT2D eigenvalue weighted by molar-refractivity contribution is 6.31. The molecule has 3 heteroatoms. The van der Waals surface area contributed by atoms with E-state index in [2.05, 4.69) is 12.2 Å². The fraction of sp³-hybridized carbons (Fsp3) is 0.455. The third-order valence-electron chi connectivity index (χ3n) is 2.70. The Labute approximate surface area is 88.3 Å². The Balaban J connectivity index is 1.98. The molecule has 1 aromatic carbocycles. The van der Waals surface area contributed by atoms with Crippen LogP contribution in [0, 0.1) is 11.7 Å². The van der Waals surface area contributed by atoms with E-state index in [4.69, 9.17) is 11.6 Å². The largest absolute Gasteiger partial charge is 0.310 e. The second kappa shape index (κ2) is 3.87. The van der Waals surface area contributed by atoms with Crippen LogP contribution in [0.15, 0.2) is 18.2 Å². The van der Waals surface area contributed by atoms with Gasteiger partial charge in [-0.15, -0.1) is 0 Å². The van der Waals surface area contributed by atoms with Crippen molar-refractivity contribution in [1.29, 1.82) is 0 Å². The molecule has 1 fully saturated rings. The third-order valence-corrected chi connectivity index (χ3v) is 3.12. The molecule has 0 saturated heterocycles. The lowest BCUT2D eigenvalue weighted by molar-refractivity contribution is 0.616. The summed E-state index contributed by atoms with van der Waals surface area (Å²) in [5.41, 5.74) is 0.839. The molecular formula is C11H13ClFN. The molecule has 1 nitrogen and oxygen atoms in total. The minimum atomic E-state index is -0.338. The second-order valence-corrected chi connectivity index (χ2v) is 4.29. The van der Waals surface area contributed by atoms with Crippen molar-refractivity contribution in [3.63, 3.8) is 0 Å². The lowest BCUT2D eigenvalue weighted by atomic mass is 10.2. The van der Waals surface area contributed by atoms with E-state index >= 15 is 0 Å². The van der Waals surface area contributed by atoms with E-state index in [1.807, 2.05) is 6.07 Å². The maximum Gasteiger partial charge on any atom is 0.142 e. The molecule has 1 N–H and O–H groups in total. The van der Waals surface area contributed by atoms with Crippen molar-refractivity contribution in [1.82, 2.24) is 5.32 Å². The molecule has 14 heavy (non-hydrogen) atoms.